The molecule has 21 heavy (non-hydrogen) atoms. The number of benzene rings is 1. The van der Waals surface area contributed by atoms with Crippen molar-refractivity contribution in [1.82, 2.24) is 4.72 Å². The van der Waals surface area contributed by atoms with E-state index in [-0.39, 0.29) is 12.3 Å². The summed E-state index contributed by atoms with van der Waals surface area (Å²) in [6, 6.07) is 7.43. The topological polar surface area (TPSA) is 81.4 Å². The monoisotopic (exact) mass is 332 g/mol. The Morgan fingerprint density at radius 1 is 1.33 bits per heavy atom. The van der Waals surface area contributed by atoms with Gasteiger partial charge in [0.15, 0.2) is 0 Å². The highest BCUT2D eigenvalue weighted by Gasteiger charge is 2.21. The summed E-state index contributed by atoms with van der Waals surface area (Å²) < 4.78 is 31.9. The van der Waals surface area contributed by atoms with E-state index in [1.165, 1.54) is 11.8 Å². The van der Waals surface area contributed by atoms with Crippen LogP contribution >= 0.6 is 11.8 Å². The van der Waals surface area contributed by atoms with Crippen LogP contribution in [0.2, 0.25) is 0 Å². The zero-order valence-electron chi connectivity index (χ0n) is 12.8. The molecule has 0 bridgehead atoms. The Kier molecular flexibility index (Phi) is 6.99. The second-order valence-electron chi connectivity index (χ2n) is 5.22. The molecule has 0 spiro atoms. The molecular weight excluding hydrogens is 308 g/mol. The summed E-state index contributed by atoms with van der Waals surface area (Å²) in [4.78, 5) is 0.905. The third kappa shape index (κ3) is 7.17. The first-order chi connectivity index (χ1) is 9.76. The summed E-state index contributed by atoms with van der Waals surface area (Å²) in [6.45, 7) is 6.42. The van der Waals surface area contributed by atoms with Crippen LogP contribution < -0.4 is 10.5 Å². The number of rotatable bonds is 9. The van der Waals surface area contributed by atoms with Gasteiger partial charge in [-0.2, -0.15) is 0 Å². The molecule has 1 aromatic carbocycles. The number of thioether (sulfide) groups is 1. The highest BCUT2D eigenvalue weighted by Crippen LogP contribution is 2.24. The highest BCUT2D eigenvalue weighted by molar-refractivity contribution is 8.00. The summed E-state index contributed by atoms with van der Waals surface area (Å²) in [5.74, 6) is 0.507. The van der Waals surface area contributed by atoms with E-state index in [1.54, 1.807) is 6.07 Å². The van der Waals surface area contributed by atoms with Gasteiger partial charge in [-0.1, -0.05) is 12.1 Å². The Bertz CT molecular complexity index is 545. The molecule has 0 aromatic heterocycles. The fraction of sp³-hybridized carbons (Fsp3) is 0.571. The van der Waals surface area contributed by atoms with E-state index >= 15 is 0 Å². The lowest BCUT2D eigenvalue weighted by molar-refractivity contribution is -0.00514. The van der Waals surface area contributed by atoms with Crippen LogP contribution in [0.25, 0.3) is 0 Å². The third-order valence-electron chi connectivity index (χ3n) is 2.78. The van der Waals surface area contributed by atoms with Crippen molar-refractivity contribution in [2.45, 2.75) is 31.3 Å². The summed E-state index contributed by atoms with van der Waals surface area (Å²) in [5.41, 5.74) is 5.99. The molecule has 0 radical (unpaired) electrons. The van der Waals surface area contributed by atoms with E-state index in [1.807, 2.05) is 39.0 Å². The quantitative estimate of drug-likeness (QED) is 0.534. The first-order valence-corrected chi connectivity index (χ1v) is 9.48. The van der Waals surface area contributed by atoms with Crippen LogP contribution in [0.15, 0.2) is 29.2 Å². The average molecular weight is 332 g/mol. The van der Waals surface area contributed by atoms with Crippen LogP contribution in [0.3, 0.4) is 0 Å². The van der Waals surface area contributed by atoms with Crippen molar-refractivity contribution >= 4 is 27.5 Å². The normalized spacial score (nSPS) is 12.5. The molecule has 0 saturated carbocycles. The fourth-order valence-electron chi connectivity index (χ4n) is 1.67. The van der Waals surface area contributed by atoms with Gasteiger partial charge in [0.1, 0.15) is 0 Å². The Morgan fingerprint density at radius 2 is 2.00 bits per heavy atom. The van der Waals surface area contributed by atoms with E-state index in [4.69, 9.17) is 10.5 Å². The van der Waals surface area contributed by atoms with Gasteiger partial charge in [-0.3, -0.25) is 0 Å². The van der Waals surface area contributed by atoms with Gasteiger partial charge in [0.05, 0.1) is 11.4 Å². The van der Waals surface area contributed by atoms with Gasteiger partial charge in [-0.15, -0.1) is 11.8 Å². The number of nitrogen functional groups attached to an aromatic ring is 1. The number of sulfonamides is 1. The number of para-hydroxylation sites is 1. The molecule has 3 N–H and O–H groups in total. The van der Waals surface area contributed by atoms with Crippen LogP contribution in [0.4, 0.5) is 5.69 Å². The number of nitrogens with one attached hydrogen (secondary N) is 1. The largest absolute Gasteiger partial charge is 0.398 e. The highest BCUT2D eigenvalue weighted by atomic mass is 32.2. The number of anilines is 1. The SMILES string of the molecule is CCOC(C)(C)CNS(=O)(=O)CCSc1ccccc1N. The molecule has 0 saturated heterocycles. The van der Waals surface area contributed by atoms with Gasteiger partial charge in [-0.25, -0.2) is 13.1 Å². The molecule has 0 heterocycles. The Labute approximate surface area is 131 Å². The number of hydrogen-bond acceptors (Lipinski definition) is 5. The molecule has 0 amide bonds. The van der Waals surface area contributed by atoms with Crippen molar-refractivity contribution in [3.63, 3.8) is 0 Å². The zero-order valence-corrected chi connectivity index (χ0v) is 14.4. The van der Waals surface area contributed by atoms with E-state index < -0.39 is 15.6 Å². The summed E-state index contributed by atoms with van der Waals surface area (Å²) >= 11 is 1.44. The van der Waals surface area contributed by atoms with E-state index in [9.17, 15) is 8.42 Å². The lowest BCUT2D eigenvalue weighted by Crippen LogP contribution is -2.41. The van der Waals surface area contributed by atoms with Gasteiger partial charge in [0, 0.05) is 29.5 Å². The predicted octanol–water partition coefficient (Wildman–Crippen LogP) is 2.10. The van der Waals surface area contributed by atoms with Gasteiger partial charge >= 0.3 is 0 Å². The van der Waals surface area contributed by atoms with Crippen LogP contribution in [0.1, 0.15) is 20.8 Å². The maximum atomic E-state index is 11.9. The van der Waals surface area contributed by atoms with E-state index in [2.05, 4.69) is 4.72 Å². The van der Waals surface area contributed by atoms with Gasteiger partial charge in [0.2, 0.25) is 10.0 Å². The minimum Gasteiger partial charge on any atom is -0.398 e. The summed E-state index contributed by atoms with van der Waals surface area (Å²) in [7, 11) is -3.31. The molecule has 0 aliphatic carbocycles. The third-order valence-corrected chi connectivity index (χ3v) is 5.46. The molecular formula is C14H24N2O3S2. The molecule has 0 unspecified atom stereocenters. The Morgan fingerprint density at radius 3 is 2.62 bits per heavy atom. The van der Waals surface area contributed by atoms with Crippen LogP contribution in [0.5, 0.6) is 0 Å². The minimum absolute atomic E-state index is 0.0498. The van der Waals surface area contributed by atoms with Crippen LogP contribution in [0, 0.1) is 0 Å². The molecule has 7 heteroatoms. The first kappa shape index (κ1) is 18.3. The van der Waals surface area contributed by atoms with Crippen molar-refractivity contribution in [3.8, 4) is 0 Å². The molecule has 1 rings (SSSR count). The Balaban J connectivity index is 2.42. The predicted molar refractivity (Wildman–Crippen MR) is 89.1 cm³/mol. The smallest absolute Gasteiger partial charge is 0.212 e. The number of nitrogens with two attached hydrogens (primary N) is 1. The summed E-state index contributed by atoms with van der Waals surface area (Å²) in [5, 5.41) is 0. The average Bonchev–Trinajstić information content (AvgIpc) is 2.39. The molecule has 0 aliphatic rings. The fourth-order valence-corrected chi connectivity index (χ4v) is 4.22. The van der Waals surface area contributed by atoms with Gasteiger partial charge in [0.25, 0.3) is 0 Å². The van der Waals surface area contributed by atoms with E-state index in [0.29, 0.717) is 18.0 Å². The maximum absolute atomic E-state index is 11.9. The molecule has 0 aliphatic heterocycles. The van der Waals surface area contributed by atoms with Crippen molar-refractivity contribution in [2.24, 2.45) is 0 Å². The second-order valence-corrected chi connectivity index (χ2v) is 8.28. The van der Waals surface area contributed by atoms with Crippen molar-refractivity contribution in [1.29, 1.82) is 0 Å². The zero-order chi connectivity index (χ0) is 15.9. The number of ether oxygens (including phenoxy) is 1. The van der Waals surface area contributed by atoms with Crippen molar-refractivity contribution in [3.05, 3.63) is 24.3 Å². The first-order valence-electron chi connectivity index (χ1n) is 6.84. The Hall–Kier alpha value is -0.760. The van der Waals surface area contributed by atoms with Crippen molar-refractivity contribution in [2.75, 3.05) is 30.4 Å². The maximum Gasteiger partial charge on any atom is 0.212 e. The van der Waals surface area contributed by atoms with Crippen molar-refractivity contribution < 1.29 is 13.2 Å². The molecule has 0 atom stereocenters. The second kappa shape index (κ2) is 8.03. The molecule has 0 fully saturated rings. The van der Waals surface area contributed by atoms with E-state index in [0.717, 1.165) is 4.90 Å². The molecule has 1 aromatic rings. The standard InChI is InChI=1S/C14H24N2O3S2/c1-4-19-14(2,3)11-16-21(17,18)10-9-20-13-8-6-5-7-12(13)15/h5-8,16H,4,9-11,15H2,1-3H3. The minimum atomic E-state index is -3.31. The lowest BCUT2D eigenvalue weighted by Gasteiger charge is -2.24. The molecule has 5 nitrogen and oxygen atoms in total. The van der Waals surface area contributed by atoms with Gasteiger partial charge in [-0.05, 0) is 32.9 Å². The summed E-state index contributed by atoms with van der Waals surface area (Å²) in [6.07, 6.45) is 0. The lowest BCUT2D eigenvalue weighted by atomic mass is 10.1. The number of hydrogen-bond donors (Lipinski definition) is 2. The van der Waals surface area contributed by atoms with Gasteiger partial charge < -0.3 is 10.5 Å². The van der Waals surface area contributed by atoms with Crippen LogP contribution in [-0.4, -0.2) is 38.7 Å². The van der Waals surface area contributed by atoms with Crippen LogP contribution in [-0.2, 0) is 14.8 Å². The molecule has 120 valence electrons.